The average Bonchev–Trinajstić information content (AvgIpc) is 2.76. The van der Waals surface area contributed by atoms with Gasteiger partial charge in [-0.05, 0) is 51.4 Å². The lowest BCUT2D eigenvalue weighted by Crippen LogP contribution is -2.21. The van der Waals surface area contributed by atoms with Crippen molar-refractivity contribution in [2.75, 3.05) is 0 Å². The van der Waals surface area contributed by atoms with E-state index in [1.165, 1.54) is 50.1 Å². The van der Waals surface area contributed by atoms with Gasteiger partial charge >= 0.3 is 0 Å². The summed E-state index contributed by atoms with van der Waals surface area (Å²) in [6.07, 6.45) is 0. The molecule has 4 aromatic rings. The Bertz CT molecular complexity index is 1190. The smallest absolute Gasteiger partial charge is 0.0158 e. The highest BCUT2D eigenvalue weighted by molar-refractivity contribution is 5.95. The third kappa shape index (κ3) is 2.45. The minimum atomic E-state index is -0.106. The highest BCUT2D eigenvalue weighted by Gasteiger charge is 2.31. The Morgan fingerprint density at radius 1 is 0.464 bits per heavy atom. The molecule has 0 unspecified atom stereocenters. The van der Waals surface area contributed by atoms with Crippen molar-refractivity contribution >= 4 is 0 Å². The molecule has 0 nitrogen and oxygen atoms in total. The first kappa shape index (κ1) is 17.0. The van der Waals surface area contributed by atoms with Crippen molar-refractivity contribution in [1.82, 2.24) is 0 Å². The summed E-state index contributed by atoms with van der Waals surface area (Å²) in [6, 6.07) is 33.5. The fourth-order valence-corrected chi connectivity index (χ4v) is 4.74. The molecule has 0 N–H and O–H groups in total. The van der Waals surface area contributed by atoms with Crippen LogP contribution >= 0.6 is 0 Å². The molecule has 0 spiro atoms. The molecular weight excluding hydrogens is 336 g/mol. The predicted octanol–water partition coefficient (Wildman–Crippen LogP) is 7.64. The zero-order valence-corrected chi connectivity index (χ0v) is 16.7. The van der Waals surface area contributed by atoms with Gasteiger partial charge in [0, 0.05) is 5.41 Å². The molecule has 4 aromatic carbocycles. The van der Waals surface area contributed by atoms with Gasteiger partial charge in [0.25, 0.3) is 0 Å². The topological polar surface area (TPSA) is 0 Å². The van der Waals surface area contributed by atoms with Crippen LogP contribution in [0.25, 0.3) is 33.4 Å². The van der Waals surface area contributed by atoms with E-state index in [2.05, 4.69) is 112 Å². The molecule has 0 fully saturated rings. The molecule has 0 radical (unpaired) electrons. The minimum Gasteiger partial charge on any atom is -0.0619 e. The quantitative estimate of drug-likeness (QED) is 0.302. The van der Waals surface area contributed by atoms with Crippen molar-refractivity contribution in [1.29, 1.82) is 0 Å². The van der Waals surface area contributed by atoms with Gasteiger partial charge in [-0.3, -0.25) is 0 Å². The first-order chi connectivity index (χ1) is 13.6. The van der Waals surface area contributed by atoms with Crippen molar-refractivity contribution in [3.05, 3.63) is 108 Å². The van der Waals surface area contributed by atoms with Gasteiger partial charge in [0.1, 0.15) is 0 Å². The summed E-state index contributed by atoms with van der Waals surface area (Å²) in [5.74, 6) is 0. The van der Waals surface area contributed by atoms with Crippen LogP contribution in [0.15, 0.2) is 91.0 Å². The molecule has 0 heterocycles. The first-order valence-corrected chi connectivity index (χ1v) is 9.97. The SMILES string of the molecule is Cc1ccc2c(c1)-c1ccccc1C(C)(C)c1ccccc1-c1ccccc1-2. The lowest BCUT2D eigenvalue weighted by Gasteiger charge is -2.30. The number of benzene rings is 4. The van der Waals surface area contributed by atoms with E-state index < -0.39 is 0 Å². The van der Waals surface area contributed by atoms with Crippen LogP contribution in [0.4, 0.5) is 0 Å². The van der Waals surface area contributed by atoms with Gasteiger partial charge in [-0.25, -0.2) is 0 Å². The molecule has 0 saturated heterocycles. The third-order valence-corrected chi connectivity index (χ3v) is 6.17. The summed E-state index contributed by atoms with van der Waals surface area (Å²) >= 11 is 0. The Hall–Kier alpha value is -3.12. The van der Waals surface area contributed by atoms with Crippen molar-refractivity contribution in [2.45, 2.75) is 26.2 Å². The van der Waals surface area contributed by atoms with Gasteiger partial charge in [-0.15, -0.1) is 0 Å². The van der Waals surface area contributed by atoms with Crippen LogP contribution in [0.5, 0.6) is 0 Å². The van der Waals surface area contributed by atoms with Crippen LogP contribution in [0.1, 0.15) is 30.5 Å². The fourth-order valence-electron chi connectivity index (χ4n) is 4.74. The van der Waals surface area contributed by atoms with Crippen LogP contribution in [0.2, 0.25) is 0 Å². The number of aryl methyl sites for hydroxylation is 1. The van der Waals surface area contributed by atoms with Crippen molar-refractivity contribution in [3.8, 4) is 33.4 Å². The summed E-state index contributed by atoms with van der Waals surface area (Å²) < 4.78 is 0. The maximum Gasteiger partial charge on any atom is 0.0158 e. The molecule has 0 atom stereocenters. The van der Waals surface area contributed by atoms with E-state index in [4.69, 9.17) is 0 Å². The summed E-state index contributed by atoms with van der Waals surface area (Å²) in [7, 11) is 0. The first-order valence-electron chi connectivity index (χ1n) is 9.97. The largest absolute Gasteiger partial charge is 0.0619 e. The zero-order valence-electron chi connectivity index (χ0n) is 16.7. The molecule has 1 aliphatic rings. The monoisotopic (exact) mass is 360 g/mol. The van der Waals surface area contributed by atoms with Gasteiger partial charge in [-0.1, -0.05) is 110 Å². The number of hydrogen-bond donors (Lipinski definition) is 0. The Kier molecular flexibility index (Phi) is 3.77. The molecule has 0 aliphatic heterocycles. The van der Waals surface area contributed by atoms with Crippen LogP contribution in [0.3, 0.4) is 0 Å². The summed E-state index contributed by atoms with van der Waals surface area (Å²) in [6.45, 7) is 6.89. The molecule has 136 valence electrons. The second-order valence-electron chi connectivity index (χ2n) is 8.31. The maximum absolute atomic E-state index is 2.36. The second-order valence-corrected chi connectivity index (χ2v) is 8.31. The Morgan fingerprint density at radius 2 is 0.893 bits per heavy atom. The van der Waals surface area contributed by atoms with E-state index in [1.54, 1.807) is 0 Å². The molecule has 5 rings (SSSR count). The van der Waals surface area contributed by atoms with Crippen LogP contribution in [-0.4, -0.2) is 0 Å². The average molecular weight is 361 g/mol. The standard InChI is InChI=1S/C28H24/c1-19-16-17-22-20-10-4-5-11-21(20)23-12-6-8-14-26(23)28(2,3)27-15-9-7-13-24(27)25(22)18-19/h4-18H,1-3H3. The van der Waals surface area contributed by atoms with Crippen molar-refractivity contribution in [2.24, 2.45) is 0 Å². The van der Waals surface area contributed by atoms with E-state index in [9.17, 15) is 0 Å². The summed E-state index contributed by atoms with van der Waals surface area (Å²) in [5.41, 5.74) is 11.8. The Labute approximate surface area is 167 Å². The molecule has 0 amide bonds. The summed E-state index contributed by atoms with van der Waals surface area (Å²) in [5, 5.41) is 0. The molecule has 0 bridgehead atoms. The molecule has 28 heavy (non-hydrogen) atoms. The number of hydrogen-bond acceptors (Lipinski definition) is 0. The van der Waals surface area contributed by atoms with E-state index in [0.29, 0.717) is 0 Å². The molecule has 0 saturated carbocycles. The van der Waals surface area contributed by atoms with Crippen molar-refractivity contribution in [3.63, 3.8) is 0 Å². The maximum atomic E-state index is 2.36. The molecule has 0 heteroatoms. The lowest BCUT2D eigenvalue weighted by molar-refractivity contribution is 0.645. The van der Waals surface area contributed by atoms with Gasteiger partial charge in [-0.2, -0.15) is 0 Å². The predicted molar refractivity (Wildman–Crippen MR) is 120 cm³/mol. The van der Waals surface area contributed by atoms with Gasteiger partial charge in [0.15, 0.2) is 0 Å². The second kappa shape index (κ2) is 6.21. The van der Waals surface area contributed by atoms with Crippen LogP contribution in [0, 0.1) is 6.92 Å². The van der Waals surface area contributed by atoms with E-state index in [-0.39, 0.29) is 5.41 Å². The van der Waals surface area contributed by atoms with Gasteiger partial charge in [0.2, 0.25) is 0 Å². The molecular formula is C28H24. The highest BCUT2D eigenvalue weighted by atomic mass is 14.3. The zero-order chi connectivity index (χ0) is 19.3. The van der Waals surface area contributed by atoms with Gasteiger partial charge < -0.3 is 0 Å². The lowest BCUT2D eigenvalue weighted by atomic mass is 9.73. The highest BCUT2D eigenvalue weighted by Crippen LogP contribution is 2.48. The Morgan fingerprint density at radius 3 is 1.50 bits per heavy atom. The number of rotatable bonds is 0. The molecule has 0 aromatic heterocycles. The number of fused-ring (bicyclic) bond motifs is 7. The van der Waals surface area contributed by atoms with Gasteiger partial charge in [0.05, 0.1) is 0 Å². The minimum absolute atomic E-state index is 0.106. The third-order valence-electron chi connectivity index (χ3n) is 6.17. The van der Waals surface area contributed by atoms with E-state index in [0.717, 1.165) is 0 Å². The van der Waals surface area contributed by atoms with Crippen LogP contribution < -0.4 is 0 Å². The van der Waals surface area contributed by atoms with Crippen LogP contribution in [-0.2, 0) is 5.41 Å². The van der Waals surface area contributed by atoms with Crippen molar-refractivity contribution < 1.29 is 0 Å². The van der Waals surface area contributed by atoms with E-state index in [1.807, 2.05) is 0 Å². The molecule has 1 aliphatic carbocycles. The summed E-state index contributed by atoms with van der Waals surface area (Å²) in [4.78, 5) is 0. The normalized spacial score (nSPS) is 13.8. The Balaban J connectivity index is 2.02. The van der Waals surface area contributed by atoms with E-state index >= 15 is 0 Å². The fraction of sp³-hybridized carbons (Fsp3) is 0.143.